The Kier molecular flexibility index (Phi) is 6.73. The van der Waals surface area contributed by atoms with Crippen LogP contribution in [0.2, 0.25) is 0 Å². The van der Waals surface area contributed by atoms with Crippen LogP contribution in [-0.2, 0) is 17.8 Å². The molecule has 0 radical (unpaired) electrons. The molecule has 0 aliphatic carbocycles. The molecule has 0 fully saturated rings. The predicted octanol–water partition coefficient (Wildman–Crippen LogP) is 4.85. The van der Waals surface area contributed by atoms with Gasteiger partial charge in [-0.3, -0.25) is 14.2 Å². The molecule has 7 nitrogen and oxygen atoms in total. The van der Waals surface area contributed by atoms with Crippen molar-refractivity contribution >= 4 is 22.6 Å². The smallest absolute Gasteiger partial charge is 0.255 e. The molecule has 0 spiro atoms. The first-order chi connectivity index (χ1) is 16.7. The van der Waals surface area contributed by atoms with Crippen LogP contribution in [0.25, 0.3) is 16.7 Å². The lowest BCUT2D eigenvalue weighted by atomic mass is 10.0. The van der Waals surface area contributed by atoms with Gasteiger partial charge in [0, 0.05) is 23.9 Å². The summed E-state index contributed by atoms with van der Waals surface area (Å²) in [5.41, 5.74) is 4.69. The van der Waals surface area contributed by atoms with E-state index in [0.29, 0.717) is 34.9 Å². The second-order valence-electron chi connectivity index (χ2n) is 8.58. The number of aryl methyl sites for hydroxylation is 4. The summed E-state index contributed by atoms with van der Waals surface area (Å²) in [6.07, 6.45) is 0.421. The molecule has 2 aromatic carbocycles. The Morgan fingerprint density at radius 1 is 1.14 bits per heavy atom. The van der Waals surface area contributed by atoms with Gasteiger partial charge in [-0.15, -0.1) is 0 Å². The molecule has 0 aliphatic heterocycles. The van der Waals surface area contributed by atoms with Crippen molar-refractivity contribution in [1.82, 2.24) is 14.3 Å². The van der Waals surface area contributed by atoms with E-state index in [4.69, 9.17) is 4.74 Å². The maximum absolute atomic E-state index is 13.9. The average molecular weight is 477 g/mol. The molecule has 0 unspecified atom stereocenters. The standard InChI is InChI=1S/C27H29FN4O3/c1-6-31-26-25(18(4)30-32(26)20-9-7-8-19(28)15-20)17(3)21(27(31)34)11-13-24(33)29-22-14-16(2)10-12-23(22)35-5/h7-10,12,14-15H,6,11,13H2,1-5H3,(H,29,33). The van der Waals surface area contributed by atoms with Crippen LogP contribution in [0.4, 0.5) is 10.1 Å². The summed E-state index contributed by atoms with van der Waals surface area (Å²) in [5, 5.41) is 8.36. The van der Waals surface area contributed by atoms with Crippen LogP contribution in [0.1, 0.15) is 35.7 Å². The van der Waals surface area contributed by atoms with Crippen molar-refractivity contribution in [1.29, 1.82) is 0 Å². The van der Waals surface area contributed by atoms with E-state index in [1.54, 1.807) is 28.5 Å². The van der Waals surface area contributed by atoms with Gasteiger partial charge in [-0.2, -0.15) is 5.10 Å². The Morgan fingerprint density at radius 2 is 1.91 bits per heavy atom. The molecular formula is C27H29FN4O3. The summed E-state index contributed by atoms with van der Waals surface area (Å²) in [5.74, 6) is -0.00269. The highest BCUT2D eigenvalue weighted by Crippen LogP contribution is 2.28. The van der Waals surface area contributed by atoms with E-state index in [2.05, 4.69) is 10.4 Å². The highest BCUT2D eigenvalue weighted by molar-refractivity contribution is 5.92. The van der Waals surface area contributed by atoms with Crippen LogP contribution in [-0.4, -0.2) is 27.4 Å². The van der Waals surface area contributed by atoms with Crippen LogP contribution >= 0.6 is 0 Å². The monoisotopic (exact) mass is 476 g/mol. The van der Waals surface area contributed by atoms with Gasteiger partial charge in [-0.05, 0) is 75.6 Å². The number of fused-ring (bicyclic) bond motifs is 1. The first kappa shape index (κ1) is 24.2. The summed E-state index contributed by atoms with van der Waals surface area (Å²) < 4.78 is 22.5. The number of benzene rings is 2. The number of aromatic nitrogens is 3. The minimum Gasteiger partial charge on any atom is -0.495 e. The molecule has 0 saturated carbocycles. The van der Waals surface area contributed by atoms with Crippen molar-refractivity contribution < 1.29 is 13.9 Å². The molecule has 0 saturated heterocycles. The largest absolute Gasteiger partial charge is 0.495 e. The predicted molar refractivity (Wildman–Crippen MR) is 135 cm³/mol. The number of rotatable bonds is 7. The molecule has 2 heterocycles. The number of hydrogen-bond donors (Lipinski definition) is 1. The molecule has 1 amide bonds. The van der Waals surface area contributed by atoms with E-state index in [-0.39, 0.29) is 30.1 Å². The fourth-order valence-electron chi connectivity index (χ4n) is 4.52. The minimum absolute atomic E-state index is 0.138. The van der Waals surface area contributed by atoms with E-state index in [0.717, 1.165) is 22.2 Å². The van der Waals surface area contributed by atoms with Gasteiger partial charge in [-0.1, -0.05) is 12.1 Å². The first-order valence-corrected chi connectivity index (χ1v) is 11.6. The fraction of sp³-hybridized carbons (Fsp3) is 0.296. The van der Waals surface area contributed by atoms with Crippen LogP contribution in [0, 0.1) is 26.6 Å². The zero-order chi connectivity index (χ0) is 25.3. The molecular weight excluding hydrogens is 447 g/mol. The molecule has 8 heteroatoms. The Bertz CT molecular complexity index is 1490. The van der Waals surface area contributed by atoms with E-state index >= 15 is 0 Å². The minimum atomic E-state index is -0.376. The topological polar surface area (TPSA) is 78.2 Å². The third-order valence-corrected chi connectivity index (χ3v) is 6.22. The molecule has 4 aromatic rings. The van der Waals surface area contributed by atoms with Gasteiger partial charge in [0.25, 0.3) is 5.56 Å². The van der Waals surface area contributed by atoms with Gasteiger partial charge in [0.05, 0.1) is 24.2 Å². The number of anilines is 1. The Balaban J connectivity index is 1.70. The summed E-state index contributed by atoms with van der Waals surface area (Å²) in [6, 6.07) is 11.7. The van der Waals surface area contributed by atoms with Crippen molar-refractivity contribution in [2.75, 3.05) is 12.4 Å². The molecule has 2 aromatic heterocycles. The third kappa shape index (κ3) is 4.56. The van der Waals surface area contributed by atoms with Gasteiger partial charge in [0.2, 0.25) is 5.91 Å². The van der Waals surface area contributed by atoms with Crippen molar-refractivity contribution in [3.63, 3.8) is 0 Å². The van der Waals surface area contributed by atoms with E-state index in [1.807, 2.05) is 45.9 Å². The Morgan fingerprint density at radius 3 is 2.60 bits per heavy atom. The van der Waals surface area contributed by atoms with Crippen molar-refractivity contribution in [2.45, 2.75) is 47.1 Å². The number of nitrogens with zero attached hydrogens (tertiary/aromatic N) is 3. The summed E-state index contributed by atoms with van der Waals surface area (Å²) >= 11 is 0. The Labute approximate surface area is 203 Å². The number of hydrogen-bond acceptors (Lipinski definition) is 4. The van der Waals surface area contributed by atoms with Gasteiger partial charge in [0.15, 0.2) is 0 Å². The SMILES string of the molecule is CCn1c(=O)c(CCC(=O)Nc2cc(C)ccc2OC)c(C)c2c(C)nn(-c3cccc(F)c3)c21. The number of halogens is 1. The number of carbonyl (C=O) groups is 1. The van der Waals surface area contributed by atoms with Crippen LogP contribution in [0.15, 0.2) is 47.3 Å². The lowest BCUT2D eigenvalue weighted by Crippen LogP contribution is -2.27. The van der Waals surface area contributed by atoms with Crippen molar-refractivity contribution in [3.05, 3.63) is 81.0 Å². The maximum atomic E-state index is 13.9. The molecule has 1 N–H and O–H groups in total. The van der Waals surface area contributed by atoms with Crippen LogP contribution < -0.4 is 15.6 Å². The van der Waals surface area contributed by atoms with Gasteiger partial charge in [-0.25, -0.2) is 9.07 Å². The first-order valence-electron chi connectivity index (χ1n) is 11.6. The summed E-state index contributed by atoms with van der Waals surface area (Å²) in [6.45, 7) is 7.99. The average Bonchev–Trinajstić information content (AvgIpc) is 3.16. The number of amides is 1. The highest BCUT2D eigenvalue weighted by Gasteiger charge is 2.21. The normalized spacial score (nSPS) is 11.1. The summed E-state index contributed by atoms with van der Waals surface area (Å²) in [4.78, 5) is 26.3. The number of pyridine rings is 1. The number of ether oxygens (including phenoxy) is 1. The quantitative estimate of drug-likeness (QED) is 0.414. The fourth-order valence-corrected chi connectivity index (χ4v) is 4.52. The van der Waals surface area contributed by atoms with E-state index in [9.17, 15) is 14.0 Å². The Hall–Kier alpha value is -3.94. The second-order valence-corrected chi connectivity index (χ2v) is 8.58. The molecule has 0 aliphatic rings. The summed E-state index contributed by atoms with van der Waals surface area (Å²) in [7, 11) is 1.55. The highest BCUT2D eigenvalue weighted by atomic mass is 19.1. The molecule has 35 heavy (non-hydrogen) atoms. The molecule has 0 atom stereocenters. The van der Waals surface area contributed by atoms with Gasteiger partial charge in [0.1, 0.15) is 17.2 Å². The van der Waals surface area contributed by atoms with Crippen molar-refractivity contribution in [2.24, 2.45) is 0 Å². The third-order valence-electron chi connectivity index (χ3n) is 6.22. The molecule has 4 rings (SSSR count). The zero-order valence-electron chi connectivity index (χ0n) is 20.6. The maximum Gasteiger partial charge on any atom is 0.255 e. The van der Waals surface area contributed by atoms with E-state index < -0.39 is 0 Å². The second kappa shape index (κ2) is 9.74. The number of nitrogens with one attached hydrogen (secondary N) is 1. The number of carbonyl (C=O) groups excluding carboxylic acids is 1. The van der Waals surface area contributed by atoms with Gasteiger partial charge < -0.3 is 10.1 Å². The number of methoxy groups -OCH3 is 1. The van der Waals surface area contributed by atoms with Crippen LogP contribution in [0.3, 0.4) is 0 Å². The zero-order valence-corrected chi connectivity index (χ0v) is 20.6. The van der Waals surface area contributed by atoms with Crippen molar-refractivity contribution in [3.8, 4) is 11.4 Å². The lowest BCUT2D eigenvalue weighted by Gasteiger charge is -2.15. The van der Waals surface area contributed by atoms with Gasteiger partial charge >= 0.3 is 0 Å². The lowest BCUT2D eigenvalue weighted by molar-refractivity contribution is -0.116. The molecule has 182 valence electrons. The van der Waals surface area contributed by atoms with E-state index in [1.165, 1.54) is 12.1 Å². The molecule has 0 bridgehead atoms. The van der Waals surface area contributed by atoms with Crippen LogP contribution in [0.5, 0.6) is 5.75 Å².